The summed E-state index contributed by atoms with van der Waals surface area (Å²) in [5.41, 5.74) is 0.413. The van der Waals surface area contributed by atoms with Gasteiger partial charge < -0.3 is 19.8 Å². The number of nitrogens with zero attached hydrogens (tertiary/aromatic N) is 2. The predicted octanol–water partition coefficient (Wildman–Crippen LogP) is 2.54. The second-order valence-electron chi connectivity index (χ2n) is 7.15. The zero-order valence-corrected chi connectivity index (χ0v) is 15.5. The maximum absolute atomic E-state index is 12.6. The molecule has 0 aromatic carbocycles. The first-order valence-corrected chi connectivity index (χ1v) is 9.31. The van der Waals surface area contributed by atoms with Crippen molar-refractivity contribution in [2.75, 3.05) is 26.3 Å². The third-order valence-electron chi connectivity index (χ3n) is 4.41. The molecule has 2 aromatic heterocycles. The first-order valence-electron chi connectivity index (χ1n) is 9.31. The lowest BCUT2D eigenvalue weighted by molar-refractivity contribution is 0.0727. The summed E-state index contributed by atoms with van der Waals surface area (Å²) in [7, 11) is 0. The van der Waals surface area contributed by atoms with Gasteiger partial charge in [0.05, 0.1) is 18.9 Å². The fourth-order valence-corrected chi connectivity index (χ4v) is 3.06. The molecule has 1 saturated heterocycles. The fourth-order valence-electron chi connectivity index (χ4n) is 3.06. The van der Waals surface area contributed by atoms with Crippen LogP contribution in [0, 0.1) is 5.92 Å². The summed E-state index contributed by atoms with van der Waals surface area (Å²) in [4.78, 5) is 12.6. The topological polar surface area (TPSA) is 81.3 Å². The number of carbonyl (C=O) groups is 1. The van der Waals surface area contributed by atoms with Gasteiger partial charge in [-0.15, -0.1) is 0 Å². The van der Waals surface area contributed by atoms with Gasteiger partial charge in [-0.2, -0.15) is 5.10 Å². The van der Waals surface area contributed by atoms with Crippen LogP contribution in [0.4, 0.5) is 0 Å². The molecular formula is C19H28N4O3. The molecule has 7 nitrogen and oxygen atoms in total. The van der Waals surface area contributed by atoms with E-state index in [-0.39, 0.29) is 11.9 Å². The van der Waals surface area contributed by atoms with Crippen molar-refractivity contribution < 1.29 is 13.9 Å². The van der Waals surface area contributed by atoms with Crippen LogP contribution in [0.15, 0.2) is 35.1 Å². The van der Waals surface area contributed by atoms with E-state index in [1.54, 1.807) is 12.3 Å². The van der Waals surface area contributed by atoms with Crippen molar-refractivity contribution in [2.45, 2.75) is 38.8 Å². The summed E-state index contributed by atoms with van der Waals surface area (Å²) in [5.74, 6) is 0.892. The minimum absolute atomic E-state index is 0.220. The van der Waals surface area contributed by atoms with Crippen LogP contribution in [-0.4, -0.2) is 42.0 Å². The third-order valence-corrected chi connectivity index (χ3v) is 4.41. The SMILES string of the molecule is CC(C)COCC(NC(=O)c1ccn(C2CCCNC2)n1)c1ccco1. The van der Waals surface area contributed by atoms with Crippen LogP contribution in [-0.2, 0) is 4.74 Å². The van der Waals surface area contributed by atoms with Crippen molar-refractivity contribution in [1.29, 1.82) is 0 Å². The van der Waals surface area contributed by atoms with E-state index in [4.69, 9.17) is 9.15 Å². The normalized spacial score (nSPS) is 18.8. The second kappa shape index (κ2) is 9.00. The van der Waals surface area contributed by atoms with Gasteiger partial charge in [0, 0.05) is 19.3 Å². The largest absolute Gasteiger partial charge is 0.467 e. The molecule has 7 heteroatoms. The first-order chi connectivity index (χ1) is 12.6. The van der Waals surface area contributed by atoms with Gasteiger partial charge in [-0.1, -0.05) is 13.8 Å². The zero-order valence-electron chi connectivity index (χ0n) is 15.5. The number of rotatable bonds is 8. The maximum Gasteiger partial charge on any atom is 0.272 e. The van der Waals surface area contributed by atoms with Crippen LogP contribution in [0.25, 0.3) is 0 Å². The first kappa shape index (κ1) is 18.7. The van der Waals surface area contributed by atoms with E-state index in [0.717, 1.165) is 25.9 Å². The maximum atomic E-state index is 12.6. The molecule has 3 rings (SSSR count). The molecule has 142 valence electrons. The summed E-state index contributed by atoms with van der Waals surface area (Å²) in [5, 5.41) is 10.8. The Balaban J connectivity index is 1.62. The average molecular weight is 360 g/mol. The highest BCUT2D eigenvalue weighted by molar-refractivity contribution is 5.92. The second-order valence-corrected chi connectivity index (χ2v) is 7.15. The van der Waals surface area contributed by atoms with Gasteiger partial charge in [0.25, 0.3) is 5.91 Å². The Morgan fingerprint density at radius 3 is 3.04 bits per heavy atom. The van der Waals surface area contributed by atoms with Crippen molar-refractivity contribution in [3.8, 4) is 0 Å². The minimum atomic E-state index is -0.335. The van der Waals surface area contributed by atoms with Crippen molar-refractivity contribution in [1.82, 2.24) is 20.4 Å². The predicted molar refractivity (Wildman–Crippen MR) is 97.9 cm³/mol. The van der Waals surface area contributed by atoms with E-state index in [9.17, 15) is 4.79 Å². The Kier molecular flexibility index (Phi) is 6.46. The number of hydrogen-bond donors (Lipinski definition) is 2. The molecule has 2 unspecified atom stereocenters. The molecular weight excluding hydrogens is 332 g/mol. The lowest BCUT2D eigenvalue weighted by Crippen LogP contribution is -2.33. The van der Waals surface area contributed by atoms with Gasteiger partial charge >= 0.3 is 0 Å². The highest BCUT2D eigenvalue weighted by Gasteiger charge is 2.22. The molecule has 0 bridgehead atoms. The lowest BCUT2D eigenvalue weighted by Gasteiger charge is -2.23. The van der Waals surface area contributed by atoms with Crippen LogP contribution >= 0.6 is 0 Å². The molecule has 0 saturated carbocycles. The standard InChI is InChI=1S/C19H28N4O3/c1-14(2)12-25-13-17(18-6-4-10-26-18)21-19(24)16-7-9-23(22-16)15-5-3-8-20-11-15/h4,6-7,9-10,14-15,17,20H,3,5,8,11-13H2,1-2H3,(H,21,24). The monoisotopic (exact) mass is 360 g/mol. The summed E-state index contributed by atoms with van der Waals surface area (Å²) in [6.45, 7) is 7.12. The van der Waals surface area contributed by atoms with Crippen LogP contribution in [0.5, 0.6) is 0 Å². The van der Waals surface area contributed by atoms with Crippen molar-refractivity contribution >= 4 is 5.91 Å². The van der Waals surface area contributed by atoms with Gasteiger partial charge in [0.15, 0.2) is 0 Å². The Bertz CT molecular complexity index is 675. The average Bonchev–Trinajstić information content (AvgIpc) is 3.33. The Morgan fingerprint density at radius 2 is 2.35 bits per heavy atom. The quantitative estimate of drug-likeness (QED) is 0.756. The zero-order chi connectivity index (χ0) is 18.4. The van der Waals surface area contributed by atoms with E-state index >= 15 is 0 Å². The van der Waals surface area contributed by atoms with Crippen LogP contribution in [0.3, 0.4) is 0 Å². The Labute approximate surface area is 154 Å². The number of furan rings is 1. The van der Waals surface area contributed by atoms with Gasteiger partial charge in [-0.25, -0.2) is 0 Å². The summed E-state index contributed by atoms with van der Waals surface area (Å²) >= 11 is 0. The van der Waals surface area contributed by atoms with Crippen LogP contribution in [0.2, 0.25) is 0 Å². The van der Waals surface area contributed by atoms with Gasteiger partial charge in [0.2, 0.25) is 0 Å². The highest BCUT2D eigenvalue weighted by Crippen LogP contribution is 2.17. The van der Waals surface area contributed by atoms with Gasteiger partial charge in [-0.05, 0) is 43.5 Å². The molecule has 0 spiro atoms. The van der Waals surface area contributed by atoms with E-state index < -0.39 is 0 Å². The number of aromatic nitrogens is 2. The van der Waals surface area contributed by atoms with E-state index in [1.807, 2.05) is 23.0 Å². The molecule has 1 fully saturated rings. The molecule has 2 atom stereocenters. The lowest BCUT2D eigenvalue weighted by atomic mass is 10.1. The van der Waals surface area contributed by atoms with E-state index in [0.29, 0.717) is 36.6 Å². The van der Waals surface area contributed by atoms with Crippen molar-refractivity contribution in [3.05, 3.63) is 42.1 Å². The molecule has 3 heterocycles. The van der Waals surface area contributed by atoms with Gasteiger partial charge in [0.1, 0.15) is 17.5 Å². The third kappa shape index (κ3) is 4.95. The Morgan fingerprint density at radius 1 is 1.46 bits per heavy atom. The highest BCUT2D eigenvalue weighted by atomic mass is 16.5. The summed E-state index contributed by atoms with van der Waals surface area (Å²) in [6.07, 6.45) is 5.68. The number of piperidine rings is 1. The van der Waals surface area contributed by atoms with Crippen LogP contribution < -0.4 is 10.6 Å². The molecule has 0 radical (unpaired) electrons. The minimum Gasteiger partial charge on any atom is -0.467 e. The van der Waals surface area contributed by atoms with E-state index in [2.05, 4.69) is 29.6 Å². The molecule has 0 aliphatic carbocycles. The Hall–Kier alpha value is -2.12. The molecule has 1 aliphatic heterocycles. The van der Waals surface area contributed by atoms with E-state index in [1.165, 1.54) is 0 Å². The molecule has 2 N–H and O–H groups in total. The molecule has 26 heavy (non-hydrogen) atoms. The summed E-state index contributed by atoms with van der Waals surface area (Å²) < 4.78 is 13.1. The molecule has 1 aliphatic rings. The number of amides is 1. The molecule has 2 aromatic rings. The smallest absolute Gasteiger partial charge is 0.272 e. The van der Waals surface area contributed by atoms with Crippen LogP contribution in [0.1, 0.15) is 55.0 Å². The number of hydrogen-bond acceptors (Lipinski definition) is 5. The fraction of sp³-hybridized carbons (Fsp3) is 0.579. The van der Waals surface area contributed by atoms with Crippen molar-refractivity contribution in [3.63, 3.8) is 0 Å². The number of nitrogens with one attached hydrogen (secondary N) is 2. The van der Waals surface area contributed by atoms with Crippen molar-refractivity contribution in [2.24, 2.45) is 5.92 Å². The summed E-state index contributed by atoms with van der Waals surface area (Å²) in [6, 6.07) is 5.38. The van der Waals surface area contributed by atoms with Gasteiger partial charge in [-0.3, -0.25) is 9.48 Å². The molecule has 1 amide bonds. The number of ether oxygens (including phenoxy) is 1. The number of carbonyl (C=O) groups excluding carboxylic acids is 1.